The number of rotatable bonds is 7. The lowest BCUT2D eigenvalue weighted by Crippen LogP contribution is -2.31. The fourth-order valence-electron chi connectivity index (χ4n) is 5.02. The van der Waals surface area contributed by atoms with Crippen molar-refractivity contribution in [3.8, 4) is 5.75 Å². The van der Waals surface area contributed by atoms with Gasteiger partial charge in [-0.25, -0.2) is 9.78 Å². The number of anilines is 1. The summed E-state index contributed by atoms with van der Waals surface area (Å²) in [6, 6.07) is 13.2. The molecule has 2 aromatic heterocycles. The van der Waals surface area contributed by atoms with Gasteiger partial charge in [-0.15, -0.1) is 0 Å². The van der Waals surface area contributed by atoms with Crippen LogP contribution in [-0.2, 0) is 22.4 Å². The SMILES string of the molecule is CCC(C)(C)C1CCc2nc3ccccc3c(C(=O)OCC(=O)Nc3nc4ccc(OC)cc4s3)c2C1. The van der Waals surface area contributed by atoms with E-state index in [1.807, 2.05) is 42.5 Å². The fraction of sp³-hybridized carbons (Fsp3) is 0.379. The molecule has 1 atom stereocenters. The van der Waals surface area contributed by atoms with Crippen molar-refractivity contribution in [2.75, 3.05) is 19.0 Å². The Kier molecular flexibility index (Phi) is 6.86. The Morgan fingerprint density at radius 1 is 1.14 bits per heavy atom. The summed E-state index contributed by atoms with van der Waals surface area (Å²) >= 11 is 1.34. The van der Waals surface area contributed by atoms with Crippen molar-refractivity contribution in [3.05, 3.63) is 59.3 Å². The van der Waals surface area contributed by atoms with Crippen LogP contribution in [0.25, 0.3) is 21.1 Å². The number of benzene rings is 2. The molecule has 192 valence electrons. The Bertz CT molecular complexity index is 1490. The van der Waals surface area contributed by atoms with Crippen LogP contribution in [0.5, 0.6) is 5.75 Å². The van der Waals surface area contributed by atoms with Crippen LogP contribution in [0.3, 0.4) is 0 Å². The van der Waals surface area contributed by atoms with Gasteiger partial charge in [-0.3, -0.25) is 15.1 Å². The predicted molar refractivity (Wildman–Crippen MR) is 146 cm³/mol. The standard InChI is InChI=1S/C29H31N3O4S/c1-5-29(2,3)17-10-12-22-20(14-17)26(19-8-6-7-9-21(19)30-22)27(34)36-16-25(33)32-28-31-23-13-11-18(35-4)15-24(23)37-28/h6-9,11,13,15,17H,5,10,12,14,16H2,1-4H3,(H,31,32,33). The zero-order chi connectivity index (χ0) is 26.2. The monoisotopic (exact) mass is 517 g/mol. The minimum Gasteiger partial charge on any atom is -0.497 e. The number of nitrogens with one attached hydrogen (secondary N) is 1. The summed E-state index contributed by atoms with van der Waals surface area (Å²) in [5.41, 5.74) is 4.15. The van der Waals surface area contributed by atoms with Gasteiger partial charge in [0.1, 0.15) is 5.75 Å². The first kappa shape index (κ1) is 25.1. The third-order valence-corrected chi connectivity index (χ3v) is 8.59. The molecule has 7 nitrogen and oxygen atoms in total. The van der Waals surface area contributed by atoms with Gasteiger partial charge in [0, 0.05) is 11.1 Å². The van der Waals surface area contributed by atoms with E-state index in [2.05, 4.69) is 31.1 Å². The number of ether oxygens (including phenoxy) is 2. The molecular formula is C29H31N3O4S. The maximum absolute atomic E-state index is 13.5. The van der Waals surface area contributed by atoms with Crippen molar-refractivity contribution in [3.63, 3.8) is 0 Å². The van der Waals surface area contributed by atoms with Crippen molar-refractivity contribution < 1.29 is 19.1 Å². The summed E-state index contributed by atoms with van der Waals surface area (Å²) in [6.07, 6.45) is 3.72. The van der Waals surface area contributed by atoms with Gasteiger partial charge in [-0.05, 0) is 60.4 Å². The molecule has 4 aromatic rings. The molecule has 0 fully saturated rings. The van der Waals surface area contributed by atoms with E-state index in [4.69, 9.17) is 14.5 Å². The number of hydrogen-bond donors (Lipinski definition) is 1. The summed E-state index contributed by atoms with van der Waals surface area (Å²) in [4.78, 5) is 35.4. The molecule has 0 radical (unpaired) electrons. The lowest BCUT2D eigenvalue weighted by Gasteiger charge is -2.37. The van der Waals surface area contributed by atoms with E-state index in [0.717, 1.165) is 63.8 Å². The molecule has 37 heavy (non-hydrogen) atoms. The number of carbonyl (C=O) groups is 2. The molecule has 2 aromatic carbocycles. The number of hydrogen-bond acceptors (Lipinski definition) is 7. The van der Waals surface area contributed by atoms with Crippen LogP contribution in [0.2, 0.25) is 0 Å². The number of carbonyl (C=O) groups excluding carboxylic acids is 2. The average Bonchev–Trinajstić information content (AvgIpc) is 3.31. The quantitative estimate of drug-likeness (QED) is 0.294. The van der Waals surface area contributed by atoms with Crippen molar-refractivity contribution >= 4 is 49.5 Å². The molecule has 1 aliphatic carbocycles. The number of para-hydroxylation sites is 1. The Hall–Kier alpha value is -3.52. The van der Waals surface area contributed by atoms with E-state index in [1.54, 1.807) is 7.11 Å². The maximum Gasteiger partial charge on any atom is 0.339 e. The van der Waals surface area contributed by atoms with Crippen LogP contribution < -0.4 is 10.1 Å². The molecule has 0 spiro atoms. The first-order chi connectivity index (χ1) is 17.8. The smallest absolute Gasteiger partial charge is 0.339 e. The number of aryl methyl sites for hydroxylation is 1. The normalized spacial score (nSPS) is 15.4. The number of esters is 1. The van der Waals surface area contributed by atoms with Gasteiger partial charge in [0.05, 0.1) is 28.4 Å². The summed E-state index contributed by atoms with van der Waals surface area (Å²) in [6.45, 7) is 6.40. The molecule has 0 aliphatic heterocycles. The molecule has 0 saturated heterocycles. The predicted octanol–water partition coefficient (Wildman–Crippen LogP) is 6.19. The van der Waals surface area contributed by atoms with Gasteiger partial charge < -0.3 is 9.47 Å². The lowest BCUT2D eigenvalue weighted by molar-refractivity contribution is -0.119. The molecule has 1 amide bonds. The number of thiazole rings is 1. The van der Waals surface area contributed by atoms with E-state index in [9.17, 15) is 9.59 Å². The van der Waals surface area contributed by atoms with Crippen molar-refractivity contribution in [2.45, 2.75) is 46.5 Å². The zero-order valence-corrected chi connectivity index (χ0v) is 22.4. The van der Waals surface area contributed by atoms with Gasteiger partial charge in [0.15, 0.2) is 11.7 Å². The highest BCUT2D eigenvalue weighted by atomic mass is 32.1. The third-order valence-electron chi connectivity index (χ3n) is 7.66. The second kappa shape index (κ2) is 10.1. The van der Waals surface area contributed by atoms with E-state index in [1.165, 1.54) is 11.3 Å². The number of amides is 1. The number of fused-ring (bicyclic) bond motifs is 3. The van der Waals surface area contributed by atoms with Crippen LogP contribution in [0.15, 0.2) is 42.5 Å². The fourth-order valence-corrected chi connectivity index (χ4v) is 5.93. The van der Waals surface area contributed by atoms with E-state index in [0.29, 0.717) is 16.6 Å². The molecule has 5 rings (SSSR count). The summed E-state index contributed by atoms with van der Waals surface area (Å²) in [7, 11) is 1.60. The summed E-state index contributed by atoms with van der Waals surface area (Å²) < 4.78 is 11.7. The Balaban J connectivity index is 1.36. The Morgan fingerprint density at radius 3 is 2.73 bits per heavy atom. The molecule has 2 heterocycles. The van der Waals surface area contributed by atoms with Crippen molar-refractivity contribution in [1.82, 2.24) is 9.97 Å². The van der Waals surface area contributed by atoms with Gasteiger partial charge in [-0.2, -0.15) is 0 Å². The van der Waals surface area contributed by atoms with Crippen LogP contribution in [-0.4, -0.2) is 35.6 Å². The van der Waals surface area contributed by atoms with E-state index in [-0.39, 0.29) is 5.41 Å². The van der Waals surface area contributed by atoms with Gasteiger partial charge in [0.2, 0.25) is 0 Å². The van der Waals surface area contributed by atoms with Crippen molar-refractivity contribution in [2.24, 2.45) is 11.3 Å². The lowest BCUT2D eigenvalue weighted by atomic mass is 9.68. The van der Waals surface area contributed by atoms with Crippen LogP contribution in [0.4, 0.5) is 5.13 Å². The summed E-state index contributed by atoms with van der Waals surface area (Å²) in [5, 5.41) is 3.96. The summed E-state index contributed by atoms with van der Waals surface area (Å²) in [5.74, 6) is 0.242. The molecular weight excluding hydrogens is 486 g/mol. The molecule has 1 N–H and O–H groups in total. The second-order valence-corrected chi connectivity index (χ2v) is 11.2. The minimum absolute atomic E-state index is 0.158. The zero-order valence-electron chi connectivity index (χ0n) is 21.6. The highest BCUT2D eigenvalue weighted by molar-refractivity contribution is 7.22. The van der Waals surface area contributed by atoms with Crippen LogP contribution in [0, 0.1) is 11.3 Å². The highest BCUT2D eigenvalue weighted by Gasteiger charge is 2.34. The Labute approximate surface area is 220 Å². The number of methoxy groups -OCH3 is 1. The third kappa shape index (κ3) is 5.03. The molecule has 1 unspecified atom stereocenters. The first-order valence-electron chi connectivity index (χ1n) is 12.6. The van der Waals surface area contributed by atoms with Crippen molar-refractivity contribution in [1.29, 1.82) is 0 Å². The topological polar surface area (TPSA) is 90.4 Å². The Morgan fingerprint density at radius 2 is 1.95 bits per heavy atom. The molecule has 1 aliphatic rings. The maximum atomic E-state index is 13.5. The van der Waals surface area contributed by atoms with Gasteiger partial charge >= 0.3 is 5.97 Å². The minimum atomic E-state index is -0.492. The van der Waals surface area contributed by atoms with Crippen LogP contribution >= 0.6 is 11.3 Å². The largest absolute Gasteiger partial charge is 0.497 e. The number of aromatic nitrogens is 2. The number of pyridine rings is 1. The van der Waals surface area contributed by atoms with Gasteiger partial charge in [0.25, 0.3) is 5.91 Å². The molecule has 8 heteroatoms. The highest BCUT2D eigenvalue weighted by Crippen LogP contribution is 2.41. The van der Waals surface area contributed by atoms with Crippen LogP contribution in [0.1, 0.15) is 55.2 Å². The molecule has 0 bridgehead atoms. The molecule has 0 saturated carbocycles. The van der Waals surface area contributed by atoms with Gasteiger partial charge in [-0.1, -0.05) is 56.7 Å². The first-order valence-corrected chi connectivity index (χ1v) is 13.4. The average molecular weight is 518 g/mol. The second-order valence-electron chi connectivity index (χ2n) is 10.2. The van der Waals surface area contributed by atoms with E-state index < -0.39 is 18.5 Å². The van der Waals surface area contributed by atoms with E-state index >= 15 is 0 Å². The number of nitrogens with zero attached hydrogens (tertiary/aromatic N) is 2.